The first-order valence-electron chi connectivity index (χ1n) is 6.57. The Kier molecular flexibility index (Phi) is 7.56. The highest BCUT2D eigenvalue weighted by Gasteiger charge is 1.95. The van der Waals surface area contributed by atoms with E-state index >= 15 is 0 Å². The zero-order valence-corrected chi connectivity index (χ0v) is 10.4. The van der Waals surface area contributed by atoms with Gasteiger partial charge in [-0.25, -0.2) is 4.98 Å². The SMILES string of the molecule is CCCCCCCCCCNc1ncco1. The van der Waals surface area contributed by atoms with Crippen LogP contribution in [0.1, 0.15) is 58.3 Å². The summed E-state index contributed by atoms with van der Waals surface area (Å²) in [6.07, 6.45) is 14.1. The minimum absolute atomic E-state index is 0.642. The largest absolute Gasteiger partial charge is 0.432 e. The Labute approximate surface area is 98.6 Å². The molecule has 3 nitrogen and oxygen atoms in total. The third-order valence-corrected chi connectivity index (χ3v) is 2.74. The van der Waals surface area contributed by atoms with Gasteiger partial charge in [0.2, 0.25) is 0 Å². The van der Waals surface area contributed by atoms with Crippen molar-refractivity contribution < 1.29 is 4.42 Å². The number of aromatic nitrogens is 1. The molecule has 1 rings (SSSR count). The number of unbranched alkanes of at least 4 members (excludes halogenated alkanes) is 7. The fourth-order valence-electron chi connectivity index (χ4n) is 1.76. The summed E-state index contributed by atoms with van der Waals surface area (Å²) in [5.41, 5.74) is 0. The molecule has 0 aliphatic rings. The van der Waals surface area contributed by atoms with E-state index in [2.05, 4.69) is 17.2 Å². The first-order chi connectivity index (χ1) is 7.93. The van der Waals surface area contributed by atoms with Crippen molar-refractivity contribution in [1.82, 2.24) is 4.98 Å². The molecule has 0 unspecified atom stereocenters. The lowest BCUT2D eigenvalue weighted by molar-refractivity contribution is 0.559. The molecule has 0 radical (unpaired) electrons. The molecular weight excluding hydrogens is 200 g/mol. The summed E-state index contributed by atoms with van der Waals surface area (Å²) in [7, 11) is 0. The fourth-order valence-corrected chi connectivity index (χ4v) is 1.76. The highest BCUT2D eigenvalue weighted by atomic mass is 16.4. The average molecular weight is 224 g/mol. The van der Waals surface area contributed by atoms with Gasteiger partial charge in [0.15, 0.2) is 0 Å². The standard InChI is InChI=1S/C13H24N2O/c1-2-3-4-5-6-7-8-9-10-14-13-15-11-12-16-13/h11-12H,2-10H2,1H3,(H,14,15). The molecular formula is C13H24N2O. The Morgan fingerprint density at radius 1 is 1.06 bits per heavy atom. The number of oxazole rings is 1. The van der Waals surface area contributed by atoms with Gasteiger partial charge >= 0.3 is 0 Å². The maximum Gasteiger partial charge on any atom is 0.294 e. The molecule has 0 bridgehead atoms. The first kappa shape index (κ1) is 13.1. The summed E-state index contributed by atoms with van der Waals surface area (Å²) < 4.78 is 5.08. The van der Waals surface area contributed by atoms with Crippen LogP contribution in [-0.2, 0) is 0 Å². The van der Waals surface area contributed by atoms with Crippen LogP contribution < -0.4 is 5.32 Å². The average Bonchev–Trinajstić information content (AvgIpc) is 2.80. The van der Waals surface area contributed by atoms with Crippen LogP contribution in [0.4, 0.5) is 6.01 Å². The van der Waals surface area contributed by atoms with Crippen LogP contribution >= 0.6 is 0 Å². The molecule has 3 heteroatoms. The van der Waals surface area contributed by atoms with Gasteiger partial charge in [-0.2, -0.15) is 0 Å². The zero-order valence-electron chi connectivity index (χ0n) is 10.4. The molecule has 1 N–H and O–H groups in total. The van der Waals surface area contributed by atoms with E-state index in [1.807, 2.05) is 0 Å². The second-order valence-corrected chi connectivity index (χ2v) is 4.24. The van der Waals surface area contributed by atoms with Crippen LogP contribution in [0.2, 0.25) is 0 Å². The van der Waals surface area contributed by atoms with Crippen molar-refractivity contribution in [3.8, 4) is 0 Å². The quantitative estimate of drug-likeness (QED) is 0.604. The minimum Gasteiger partial charge on any atom is -0.432 e. The molecule has 0 fully saturated rings. The second kappa shape index (κ2) is 9.25. The number of nitrogens with zero attached hydrogens (tertiary/aromatic N) is 1. The van der Waals surface area contributed by atoms with Crippen LogP contribution in [0.15, 0.2) is 16.9 Å². The summed E-state index contributed by atoms with van der Waals surface area (Å²) >= 11 is 0. The predicted molar refractivity (Wildman–Crippen MR) is 67.6 cm³/mol. The lowest BCUT2D eigenvalue weighted by Crippen LogP contribution is -2.01. The number of anilines is 1. The lowest BCUT2D eigenvalue weighted by Gasteiger charge is -2.02. The van der Waals surface area contributed by atoms with Crippen LogP contribution in [0, 0.1) is 0 Å². The van der Waals surface area contributed by atoms with Gasteiger partial charge in [0, 0.05) is 6.54 Å². The van der Waals surface area contributed by atoms with Crippen molar-refractivity contribution >= 4 is 6.01 Å². The predicted octanol–water partition coefficient (Wildman–Crippen LogP) is 4.23. The van der Waals surface area contributed by atoms with Gasteiger partial charge < -0.3 is 9.73 Å². The van der Waals surface area contributed by atoms with Gasteiger partial charge in [0.25, 0.3) is 6.01 Å². The number of hydrogen-bond donors (Lipinski definition) is 1. The normalized spacial score (nSPS) is 10.6. The van der Waals surface area contributed by atoms with Crippen molar-refractivity contribution in [3.05, 3.63) is 12.5 Å². The second-order valence-electron chi connectivity index (χ2n) is 4.24. The molecule has 0 aromatic carbocycles. The van der Waals surface area contributed by atoms with Crippen molar-refractivity contribution in [2.45, 2.75) is 58.3 Å². The number of hydrogen-bond acceptors (Lipinski definition) is 3. The van der Waals surface area contributed by atoms with Crippen molar-refractivity contribution in [2.75, 3.05) is 11.9 Å². The van der Waals surface area contributed by atoms with E-state index in [1.54, 1.807) is 12.5 Å². The van der Waals surface area contributed by atoms with Crippen LogP contribution in [0.25, 0.3) is 0 Å². The smallest absolute Gasteiger partial charge is 0.294 e. The first-order valence-corrected chi connectivity index (χ1v) is 6.57. The number of rotatable bonds is 10. The fraction of sp³-hybridized carbons (Fsp3) is 0.769. The molecule has 92 valence electrons. The molecule has 1 heterocycles. The van der Waals surface area contributed by atoms with E-state index in [0.717, 1.165) is 6.54 Å². The van der Waals surface area contributed by atoms with Gasteiger partial charge in [-0.05, 0) is 6.42 Å². The molecule has 0 amide bonds. The summed E-state index contributed by atoms with van der Waals surface area (Å²) in [5.74, 6) is 0. The molecule has 16 heavy (non-hydrogen) atoms. The van der Waals surface area contributed by atoms with E-state index in [9.17, 15) is 0 Å². The van der Waals surface area contributed by atoms with Gasteiger partial charge in [-0.15, -0.1) is 0 Å². The Hall–Kier alpha value is -0.990. The van der Waals surface area contributed by atoms with E-state index in [4.69, 9.17) is 4.42 Å². The van der Waals surface area contributed by atoms with Crippen LogP contribution in [-0.4, -0.2) is 11.5 Å². The maximum atomic E-state index is 5.08. The van der Waals surface area contributed by atoms with E-state index in [-0.39, 0.29) is 0 Å². The van der Waals surface area contributed by atoms with E-state index in [0.29, 0.717) is 6.01 Å². The molecule has 0 aliphatic heterocycles. The summed E-state index contributed by atoms with van der Waals surface area (Å²) in [5, 5.41) is 3.16. The Morgan fingerprint density at radius 2 is 1.75 bits per heavy atom. The zero-order chi connectivity index (χ0) is 11.5. The van der Waals surface area contributed by atoms with Crippen LogP contribution in [0.5, 0.6) is 0 Å². The molecule has 1 aromatic rings. The Balaban J connectivity index is 1.78. The summed E-state index contributed by atoms with van der Waals surface area (Å²) in [4.78, 5) is 4.01. The highest BCUT2D eigenvalue weighted by molar-refractivity contribution is 5.16. The Morgan fingerprint density at radius 3 is 2.38 bits per heavy atom. The van der Waals surface area contributed by atoms with Gasteiger partial charge in [0.1, 0.15) is 6.26 Å². The van der Waals surface area contributed by atoms with Crippen LogP contribution in [0.3, 0.4) is 0 Å². The molecule has 0 aliphatic carbocycles. The number of nitrogens with one attached hydrogen (secondary N) is 1. The van der Waals surface area contributed by atoms with E-state index < -0.39 is 0 Å². The van der Waals surface area contributed by atoms with Crippen molar-refractivity contribution in [1.29, 1.82) is 0 Å². The highest BCUT2D eigenvalue weighted by Crippen LogP contribution is 2.08. The van der Waals surface area contributed by atoms with Gasteiger partial charge in [0.05, 0.1) is 6.20 Å². The minimum atomic E-state index is 0.642. The summed E-state index contributed by atoms with van der Waals surface area (Å²) in [6.45, 7) is 3.23. The topological polar surface area (TPSA) is 38.1 Å². The monoisotopic (exact) mass is 224 g/mol. The lowest BCUT2D eigenvalue weighted by atomic mass is 10.1. The van der Waals surface area contributed by atoms with Crippen molar-refractivity contribution in [2.24, 2.45) is 0 Å². The molecule has 0 saturated carbocycles. The van der Waals surface area contributed by atoms with Crippen molar-refractivity contribution in [3.63, 3.8) is 0 Å². The maximum absolute atomic E-state index is 5.08. The molecule has 0 spiro atoms. The molecule has 0 saturated heterocycles. The third kappa shape index (κ3) is 6.49. The van der Waals surface area contributed by atoms with Gasteiger partial charge in [-0.1, -0.05) is 51.9 Å². The summed E-state index contributed by atoms with van der Waals surface area (Å²) in [6, 6.07) is 0.642. The molecule has 0 atom stereocenters. The van der Waals surface area contributed by atoms with E-state index in [1.165, 1.54) is 51.4 Å². The molecule has 1 aromatic heterocycles. The van der Waals surface area contributed by atoms with Gasteiger partial charge in [-0.3, -0.25) is 0 Å². The third-order valence-electron chi connectivity index (χ3n) is 2.74. The Bertz CT molecular complexity index is 234.